The van der Waals surface area contributed by atoms with Gasteiger partial charge >= 0.3 is 0 Å². The fourth-order valence-electron chi connectivity index (χ4n) is 2.79. The molecule has 0 saturated heterocycles. The number of nitrogens with zero attached hydrogens (tertiary/aromatic N) is 1. The molecule has 0 atom stereocenters. The lowest BCUT2D eigenvalue weighted by Gasteiger charge is -2.05. The first-order chi connectivity index (χ1) is 13.6. The van der Waals surface area contributed by atoms with Crippen LogP contribution in [-0.4, -0.2) is 19.7 Å². The molecule has 7 nitrogen and oxygen atoms in total. The van der Waals surface area contributed by atoms with Gasteiger partial charge in [0.2, 0.25) is 12.6 Å². The average Bonchev–Trinajstić information content (AvgIpc) is 3.31. The third-order valence-electron chi connectivity index (χ3n) is 4.25. The van der Waals surface area contributed by atoms with E-state index in [2.05, 4.69) is 11.4 Å². The summed E-state index contributed by atoms with van der Waals surface area (Å²) >= 11 is 1.14. The number of nitriles is 1. The molecule has 1 aromatic heterocycles. The van der Waals surface area contributed by atoms with E-state index in [0.717, 1.165) is 11.3 Å². The molecule has 3 aromatic rings. The molecule has 1 aliphatic heterocycles. The van der Waals surface area contributed by atoms with Crippen LogP contribution in [0.2, 0.25) is 0 Å². The Bertz CT molecular complexity index is 1100. The highest BCUT2D eigenvalue weighted by atomic mass is 32.1. The lowest BCUT2D eigenvalue weighted by Crippen LogP contribution is -2.02. The zero-order chi connectivity index (χ0) is 19.7. The molecule has 140 valence electrons. The quantitative estimate of drug-likeness (QED) is 0.633. The predicted molar refractivity (Wildman–Crippen MR) is 106 cm³/mol. The molecule has 1 aliphatic rings. The minimum Gasteiger partial charge on any atom is -0.497 e. The van der Waals surface area contributed by atoms with Crippen molar-refractivity contribution in [2.45, 2.75) is 0 Å². The van der Waals surface area contributed by atoms with E-state index in [-0.39, 0.29) is 23.8 Å². The van der Waals surface area contributed by atoms with E-state index in [1.165, 1.54) is 0 Å². The minimum atomic E-state index is -0.250. The highest BCUT2D eigenvalue weighted by Gasteiger charge is 2.23. The molecule has 3 N–H and O–H groups in total. The number of hydrogen-bond donors (Lipinski definition) is 2. The summed E-state index contributed by atoms with van der Waals surface area (Å²) in [5.74, 6) is 1.67. The van der Waals surface area contributed by atoms with Gasteiger partial charge in [0.05, 0.1) is 12.8 Å². The number of ether oxygens (including phenoxy) is 3. The second kappa shape index (κ2) is 7.13. The molecule has 8 heteroatoms. The van der Waals surface area contributed by atoms with E-state index >= 15 is 0 Å². The van der Waals surface area contributed by atoms with Crippen LogP contribution in [0.1, 0.15) is 20.8 Å². The number of carbonyl (C=O) groups excluding carboxylic acids is 1. The van der Waals surface area contributed by atoms with Crippen molar-refractivity contribution in [1.82, 2.24) is 0 Å². The molecule has 0 unspecified atom stereocenters. The van der Waals surface area contributed by atoms with E-state index in [0.29, 0.717) is 38.4 Å². The number of fused-ring (bicyclic) bond motifs is 1. The van der Waals surface area contributed by atoms with Crippen molar-refractivity contribution in [2.75, 3.05) is 25.0 Å². The van der Waals surface area contributed by atoms with Crippen LogP contribution >= 0.6 is 11.3 Å². The molecule has 0 amide bonds. The number of rotatable bonds is 5. The Balaban J connectivity index is 1.66. The van der Waals surface area contributed by atoms with Gasteiger partial charge in [-0.25, -0.2) is 0 Å². The van der Waals surface area contributed by atoms with E-state index in [9.17, 15) is 10.1 Å². The van der Waals surface area contributed by atoms with Gasteiger partial charge in [0, 0.05) is 17.3 Å². The maximum atomic E-state index is 12.9. The summed E-state index contributed by atoms with van der Waals surface area (Å²) in [5.41, 5.74) is 7.67. The van der Waals surface area contributed by atoms with Gasteiger partial charge in [-0.1, -0.05) is 0 Å². The van der Waals surface area contributed by atoms with Gasteiger partial charge in [0.25, 0.3) is 0 Å². The molecule has 28 heavy (non-hydrogen) atoms. The van der Waals surface area contributed by atoms with Gasteiger partial charge in [-0.05, 0) is 36.4 Å². The monoisotopic (exact) mass is 393 g/mol. The van der Waals surface area contributed by atoms with Gasteiger partial charge in [-0.3, -0.25) is 4.79 Å². The van der Waals surface area contributed by atoms with Gasteiger partial charge in [-0.15, -0.1) is 11.3 Å². The number of hydrogen-bond acceptors (Lipinski definition) is 8. The Hall–Kier alpha value is -3.70. The molecule has 0 aliphatic carbocycles. The zero-order valence-corrected chi connectivity index (χ0v) is 15.6. The molecule has 4 rings (SSSR count). The number of nitrogens with one attached hydrogen (secondary N) is 1. The number of benzene rings is 2. The Labute approximate surface area is 164 Å². The second-order valence-electron chi connectivity index (χ2n) is 5.91. The SMILES string of the molecule is COc1ccc(C(=O)c2sc(Nc3ccc4c(c3)OCO4)c(C#N)c2N)cc1. The van der Waals surface area contributed by atoms with Gasteiger partial charge in [0.1, 0.15) is 27.3 Å². The van der Waals surface area contributed by atoms with Crippen LogP contribution in [-0.2, 0) is 0 Å². The fourth-order valence-corrected chi connectivity index (χ4v) is 3.84. The number of thiophene rings is 1. The molecule has 0 saturated carbocycles. The van der Waals surface area contributed by atoms with E-state index in [1.54, 1.807) is 49.6 Å². The summed E-state index contributed by atoms with van der Waals surface area (Å²) < 4.78 is 15.8. The van der Waals surface area contributed by atoms with Crippen molar-refractivity contribution in [3.63, 3.8) is 0 Å². The zero-order valence-electron chi connectivity index (χ0n) is 14.8. The molecular formula is C20H15N3O4S. The van der Waals surface area contributed by atoms with Crippen LogP contribution in [0, 0.1) is 11.3 Å². The molecular weight excluding hydrogens is 378 g/mol. The summed E-state index contributed by atoms with van der Waals surface area (Å²) in [6.07, 6.45) is 0. The number of ketones is 1. The first-order valence-corrected chi connectivity index (χ1v) is 9.10. The van der Waals surface area contributed by atoms with Crippen molar-refractivity contribution in [3.8, 4) is 23.3 Å². The Kier molecular flexibility index (Phi) is 4.51. The third kappa shape index (κ3) is 3.08. The van der Waals surface area contributed by atoms with E-state index in [1.807, 2.05) is 0 Å². The first-order valence-electron chi connectivity index (χ1n) is 8.28. The van der Waals surface area contributed by atoms with E-state index in [4.69, 9.17) is 19.9 Å². The topological polar surface area (TPSA) is 107 Å². The summed E-state index contributed by atoms with van der Waals surface area (Å²) in [7, 11) is 1.56. The normalized spacial score (nSPS) is 11.7. The highest BCUT2D eigenvalue weighted by Crippen LogP contribution is 2.40. The summed E-state index contributed by atoms with van der Waals surface area (Å²) in [6.45, 7) is 0.175. The van der Waals surface area contributed by atoms with Crippen molar-refractivity contribution in [2.24, 2.45) is 0 Å². The standard InChI is InChI=1S/C20H15N3O4S/c1-25-13-5-2-11(3-6-13)18(24)19-17(22)14(9-21)20(28-19)23-12-4-7-15-16(8-12)27-10-26-15/h2-8,23H,10,22H2,1H3. The highest BCUT2D eigenvalue weighted by molar-refractivity contribution is 7.19. The number of carbonyl (C=O) groups is 1. The van der Waals surface area contributed by atoms with E-state index < -0.39 is 0 Å². The molecule has 0 fully saturated rings. The summed E-state index contributed by atoms with van der Waals surface area (Å²) in [6, 6.07) is 14.2. The molecule has 2 heterocycles. The van der Waals surface area contributed by atoms with Gasteiger partial charge in [0.15, 0.2) is 11.5 Å². The summed E-state index contributed by atoms with van der Waals surface area (Å²) in [5, 5.41) is 13.2. The lowest BCUT2D eigenvalue weighted by molar-refractivity contribution is 0.104. The Morgan fingerprint density at radius 3 is 2.68 bits per heavy atom. The minimum absolute atomic E-state index is 0.163. The van der Waals surface area contributed by atoms with Gasteiger partial charge < -0.3 is 25.3 Å². The summed E-state index contributed by atoms with van der Waals surface area (Å²) in [4.78, 5) is 13.2. The van der Waals surface area contributed by atoms with Crippen molar-refractivity contribution >= 4 is 33.5 Å². The van der Waals surface area contributed by atoms with Crippen molar-refractivity contribution in [3.05, 3.63) is 58.5 Å². The largest absolute Gasteiger partial charge is 0.497 e. The third-order valence-corrected chi connectivity index (χ3v) is 5.37. The van der Waals surface area contributed by atoms with Crippen LogP contribution in [0.4, 0.5) is 16.4 Å². The second-order valence-corrected chi connectivity index (χ2v) is 6.93. The Morgan fingerprint density at radius 1 is 1.21 bits per heavy atom. The average molecular weight is 393 g/mol. The Morgan fingerprint density at radius 2 is 1.96 bits per heavy atom. The maximum Gasteiger partial charge on any atom is 0.231 e. The van der Waals surface area contributed by atoms with Crippen LogP contribution in [0.5, 0.6) is 17.2 Å². The van der Waals surface area contributed by atoms with Gasteiger partial charge in [-0.2, -0.15) is 5.26 Å². The van der Waals surface area contributed by atoms with Crippen LogP contribution in [0.3, 0.4) is 0 Å². The van der Waals surface area contributed by atoms with Crippen LogP contribution in [0.25, 0.3) is 0 Å². The van der Waals surface area contributed by atoms with Crippen molar-refractivity contribution < 1.29 is 19.0 Å². The molecule has 0 radical (unpaired) electrons. The fraction of sp³-hybridized carbons (Fsp3) is 0.100. The number of methoxy groups -OCH3 is 1. The predicted octanol–water partition coefficient (Wildman–Crippen LogP) is 3.91. The molecule has 0 bridgehead atoms. The maximum absolute atomic E-state index is 12.9. The van der Waals surface area contributed by atoms with Crippen molar-refractivity contribution in [1.29, 1.82) is 5.26 Å². The smallest absolute Gasteiger partial charge is 0.231 e. The van der Waals surface area contributed by atoms with Crippen LogP contribution < -0.4 is 25.3 Å². The van der Waals surface area contributed by atoms with Crippen LogP contribution in [0.15, 0.2) is 42.5 Å². The number of nitrogen functional groups attached to an aromatic ring is 1. The lowest BCUT2D eigenvalue weighted by atomic mass is 10.1. The number of anilines is 3. The molecule has 2 aromatic carbocycles. The number of nitrogens with two attached hydrogens (primary N) is 1. The molecule has 0 spiro atoms. The first kappa shape index (κ1) is 17.7.